The number of fused-ring (bicyclic) bond motifs is 1. The van der Waals surface area contributed by atoms with E-state index in [0.717, 1.165) is 22.4 Å². The molecular formula is C26H34N2O5S. The number of nitrogens with zero attached hydrogens (tertiary/aromatic N) is 1. The van der Waals surface area contributed by atoms with Crippen LogP contribution in [0.1, 0.15) is 49.4 Å². The van der Waals surface area contributed by atoms with Gasteiger partial charge in [0, 0.05) is 19.0 Å². The Morgan fingerprint density at radius 3 is 2.29 bits per heavy atom. The summed E-state index contributed by atoms with van der Waals surface area (Å²) in [5, 5.41) is 3.20. The number of piperidine rings is 1. The van der Waals surface area contributed by atoms with Crippen LogP contribution in [0.25, 0.3) is 0 Å². The van der Waals surface area contributed by atoms with Crippen LogP contribution in [0.5, 0.6) is 11.5 Å². The molecule has 0 aromatic heterocycles. The van der Waals surface area contributed by atoms with Crippen molar-refractivity contribution < 1.29 is 22.7 Å². The summed E-state index contributed by atoms with van der Waals surface area (Å²) in [4.78, 5) is 13.5. The van der Waals surface area contributed by atoms with Crippen LogP contribution in [0.3, 0.4) is 0 Å². The monoisotopic (exact) mass is 486 g/mol. The van der Waals surface area contributed by atoms with E-state index >= 15 is 0 Å². The minimum Gasteiger partial charge on any atom is -0.486 e. The molecule has 0 saturated carbocycles. The summed E-state index contributed by atoms with van der Waals surface area (Å²) in [6.07, 6.45) is 1.00. The van der Waals surface area contributed by atoms with E-state index in [-0.39, 0.29) is 23.8 Å². The second-order valence-corrected chi connectivity index (χ2v) is 11.5. The van der Waals surface area contributed by atoms with Crippen molar-refractivity contribution in [1.29, 1.82) is 0 Å². The third-order valence-electron chi connectivity index (χ3n) is 6.83. The molecule has 7 nitrogen and oxygen atoms in total. The molecule has 8 heteroatoms. The first-order chi connectivity index (χ1) is 16.2. The van der Waals surface area contributed by atoms with Crippen LogP contribution >= 0.6 is 0 Å². The normalized spacial score (nSPS) is 18.0. The van der Waals surface area contributed by atoms with Gasteiger partial charge in [0.25, 0.3) is 0 Å². The first kappa shape index (κ1) is 24.5. The highest BCUT2D eigenvalue weighted by Crippen LogP contribution is 2.35. The molecule has 2 aromatic carbocycles. The molecule has 0 bridgehead atoms. The molecule has 0 spiro atoms. The number of benzene rings is 2. The van der Waals surface area contributed by atoms with Crippen molar-refractivity contribution in [2.24, 2.45) is 11.8 Å². The summed E-state index contributed by atoms with van der Waals surface area (Å²) in [6.45, 7) is 9.74. The molecule has 2 aromatic rings. The summed E-state index contributed by atoms with van der Waals surface area (Å²) in [6, 6.07) is 10.9. The van der Waals surface area contributed by atoms with E-state index in [9.17, 15) is 13.2 Å². The third-order valence-corrected chi connectivity index (χ3v) is 8.73. The lowest BCUT2D eigenvalue weighted by Crippen LogP contribution is -2.44. The third kappa shape index (κ3) is 5.08. The van der Waals surface area contributed by atoms with Gasteiger partial charge in [-0.2, -0.15) is 4.31 Å². The number of sulfonamides is 1. The SMILES string of the molecule is Cc1ccc(S(=O)(=O)N2CCC(C(=O)NC(c3ccc4c(c3)OCCO4)C(C)C)CC2)cc1C. The average Bonchev–Trinajstić information content (AvgIpc) is 2.83. The zero-order valence-electron chi connectivity index (χ0n) is 20.3. The van der Waals surface area contributed by atoms with E-state index in [0.29, 0.717) is 49.8 Å². The van der Waals surface area contributed by atoms with Gasteiger partial charge in [0.2, 0.25) is 15.9 Å². The Morgan fingerprint density at radius 1 is 0.971 bits per heavy atom. The van der Waals surface area contributed by atoms with E-state index in [1.54, 1.807) is 12.1 Å². The molecule has 4 rings (SSSR count). The van der Waals surface area contributed by atoms with Gasteiger partial charge in [0.15, 0.2) is 11.5 Å². The van der Waals surface area contributed by atoms with Gasteiger partial charge in [-0.3, -0.25) is 4.79 Å². The topological polar surface area (TPSA) is 84.9 Å². The molecule has 1 N–H and O–H groups in total. The maximum absolute atomic E-state index is 13.1. The van der Waals surface area contributed by atoms with Crippen LogP contribution in [0.2, 0.25) is 0 Å². The number of hydrogen-bond acceptors (Lipinski definition) is 5. The van der Waals surface area contributed by atoms with Crippen LogP contribution < -0.4 is 14.8 Å². The molecule has 1 atom stereocenters. The molecule has 0 radical (unpaired) electrons. The standard InChI is InChI=1S/C26H34N2O5S/c1-17(2)25(21-6-8-23-24(16-21)33-14-13-32-23)27-26(29)20-9-11-28(12-10-20)34(30,31)22-7-5-18(3)19(4)15-22/h5-8,15-17,20,25H,9-14H2,1-4H3,(H,27,29). The lowest BCUT2D eigenvalue weighted by Gasteiger charge is -2.32. The van der Waals surface area contributed by atoms with Gasteiger partial charge in [-0.05, 0) is 73.6 Å². The fourth-order valence-electron chi connectivity index (χ4n) is 4.54. The minimum atomic E-state index is -3.56. The van der Waals surface area contributed by atoms with Gasteiger partial charge in [-0.25, -0.2) is 8.42 Å². The number of aryl methyl sites for hydroxylation is 2. The maximum atomic E-state index is 13.1. The average molecular weight is 487 g/mol. The molecular weight excluding hydrogens is 452 g/mol. The maximum Gasteiger partial charge on any atom is 0.243 e. The van der Waals surface area contributed by atoms with Crippen LogP contribution in [0.4, 0.5) is 0 Å². The molecule has 1 fully saturated rings. The predicted octanol–water partition coefficient (Wildman–Crippen LogP) is 3.99. The van der Waals surface area contributed by atoms with E-state index in [1.165, 1.54) is 4.31 Å². The molecule has 184 valence electrons. The Balaban J connectivity index is 1.41. The summed E-state index contributed by atoms with van der Waals surface area (Å²) in [5.41, 5.74) is 2.99. The molecule has 34 heavy (non-hydrogen) atoms. The van der Waals surface area contributed by atoms with Gasteiger partial charge < -0.3 is 14.8 Å². The molecule has 1 saturated heterocycles. The van der Waals surface area contributed by atoms with Crippen LogP contribution in [-0.2, 0) is 14.8 Å². The Hall–Kier alpha value is -2.58. The molecule has 1 amide bonds. The van der Waals surface area contributed by atoms with Gasteiger partial charge in [-0.15, -0.1) is 0 Å². The van der Waals surface area contributed by atoms with E-state index in [4.69, 9.17) is 9.47 Å². The molecule has 2 heterocycles. The van der Waals surface area contributed by atoms with Crippen LogP contribution in [0, 0.1) is 25.7 Å². The quantitative estimate of drug-likeness (QED) is 0.667. The molecule has 2 aliphatic heterocycles. The van der Waals surface area contributed by atoms with Crippen molar-refractivity contribution in [3.05, 3.63) is 53.1 Å². The van der Waals surface area contributed by atoms with Crippen molar-refractivity contribution in [3.8, 4) is 11.5 Å². The number of hydrogen-bond donors (Lipinski definition) is 1. The highest BCUT2D eigenvalue weighted by atomic mass is 32.2. The fourth-order valence-corrected chi connectivity index (χ4v) is 6.10. The van der Waals surface area contributed by atoms with Crippen molar-refractivity contribution in [2.75, 3.05) is 26.3 Å². The molecule has 0 aliphatic carbocycles. The number of rotatable bonds is 6. The van der Waals surface area contributed by atoms with Crippen molar-refractivity contribution >= 4 is 15.9 Å². The highest BCUT2D eigenvalue weighted by molar-refractivity contribution is 7.89. The van der Waals surface area contributed by atoms with Crippen LogP contribution in [0.15, 0.2) is 41.3 Å². The zero-order valence-corrected chi connectivity index (χ0v) is 21.2. The molecule has 1 unspecified atom stereocenters. The van der Waals surface area contributed by atoms with Gasteiger partial charge in [-0.1, -0.05) is 26.0 Å². The van der Waals surface area contributed by atoms with Crippen molar-refractivity contribution in [2.45, 2.75) is 51.5 Å². The van der Waals surface area contributed by atoms with Crippen LogP contribution in [-0.4, -0.2) is 44.9 Å². The number of ether oxygens (including phenoxy) is 2. The van der Waals surface area contributed by atoms with Gasteiger partial charge in [0.05, 0.1) is 10.9 Å². The molecule has 2 aliphatic rings. The number of nitrogens with one attached hydrogen (secondary N) is 1. The van der Waals surface area contributed by atoms with Crippen molar-refractivity contribution in [3.63, 3.8) is 0 Å². The van der Waals surface area contributed by atoms with Crippen molar-refractivity contribution in [1.82, 2.24) is 9.62 Å². The summed E-state index contributed by atoms with van der Waals surface area (Å²) in [7, 11) is -3.56. The Morgan fingerprint density at radius 2 is 1.65 bits per heavy atom. The van der Waals surface area contributed by atoms with Gasteiger partial charge >= 0.3 is 0 Å². The van der Waals surface area contributed by atoms with E-state index in [2.05, 4.69) is 19.2 Å². The predicted molar refractivity (Wildman–Crippen MR) is 131 cm³/mol. The lowest BCUT2D eigenvalue weighted by molar-refractivity contribution is -0.127. The Labute approximate surface area is 202 Å². The zero-order chi connectivity index (χ0) is 24.5. The van der Waals surface area contributed by atoms with Gasteiger partial charge in [0.1, 0.15) is 13.2 Å². The highest BCUT2D eigenvalue weighted by Gasteiger charge is 2.33. The van der Waals surface area contributed by atoms with E-state index < -0.39 is 10.0 Å². The number of amides is 1. The summed E-state index contributed by atoms with van der Waals surface area (Å²) < 4.78 is 39.0. The number of carbonyl (C=O) groups excluding carboxylic acids is 1. The minimum absolute atomic E-state index is 0.0307. The summed E-state index contributed by atoms with van der Waals surface area (Å²) >= 11 is 0. The second-order valence-electron chi connectivity index (χ2n) is 9.56. The second kappa shape index (κ2) is 9.96. The fraction of sp³-hybridized carbons (Fsp3) is 0.500. The first-order valence-electron chi connectivity index (χ1n) is 11.9. The lowest BCUT2D eigenvalue weighted by atomic mass is 9.92. The first-order valence-corrected chi connectivity index (χ1v) is 13.4. The summed E-state index contributed by atoms with van der Waals surface area (Å²) in [5.74, 6) is 1.35. The number of carbonyl (C=O) groups is 1. The Bertz CT molecular complexity index is 1150. The smallest absolute Gasteiger partial charge is 0.243 e. The Kier molecular flexibility index (Phi) is 7.19. The largest absolute Gasteiger partial charge is 0.486 e. The van der Waals surface area contributed by atoms with E-state index in [1.807, 2.05) is 38.1 Å².